The maximum absolute atomic E-state index is 11.0. The SMILES string of the molecule is Cc1cc([N+](=O)[O-])c(NC(C#N)=C(C#N)C#N)cc1Cl. The van der Waals surface area contributed by atoms with Gasteiger partial charge >= 0.3 is 0 Å². The fraction of sp³-hybridized carbons (Fsp3) is 0.0833. The first-order valence-electron chi connectivity index (χ1n) is 5.10. The molecule has 0 bridgehead atoms. The number of rotatable bonds is 3. The summed E-state index contributed by atoms with van der Waals surface area (Å²) in [5.74, 6) is 0. The summed E-state index contributed by atoms with van der Waals surface area (Å²) < 4.78 is 0. The Hall–Kier alpha value is -3.08. The van der Waals surface area contributed by atoms with Crippen LogP contribution >= 0.6 is 11.6 Å². The lowest BCUT2D eigenvalue weighted by Gasteiger charge is -2.07. The van der Waals surface area contributed by atoms with Crippen molar-refractivity contribution in [3.63, 3.8) is 0 Å². The molecule has 8 heteroatoms. The molecular formula is C12H6ClN5O2. The van der Waals surface area contributed by atoms with E-state index >= 15 is 0 Å². The quantitative estimate of drug-likeness (QED) is 0.517. The van der Waals surface area contributed by atoms with E-state index in [1.54, 1.807) is 13.0 Å². The molecule has 0 fully saturated rings. The van der Waals surface area contributed by atoms with Gasteiger partial charge in [0.05, 0.1) is 4.92 Å². The number of benzene rings is 1. The third-order valence-electron chi connectivity index (χ3n) is 2.32. The average molecular weight is 288 g/mol. The lowest BCUT2D eigenvalue weighted by Crippen LogP contribution is -2.04. The van der Waals surface area contributed by atoms with Crippen molar-refractivity contribution in [1.29, 1.82) is 15.8 Å². The second kappa shape index (κ2) is 6.19. The van der Waals surface area contributed by atoms with Gasteiger partial charge in [0, 0.05) is 11.1 Å². The Bertz CT molecular complexity index is 718. The molecule has 0 aromatic heterocycles. The van der Waals surface area contributed by atoms with Gasteiger partial charge in [-0.3, -0.25) is 10.1 Å². The minimum atomic E-state index is -0.654. The van der Waals surface area contributed by atoms with E-state index in [1.165, 1.54) is 24.3 Å². The zero-order chi connectivity index (χ0) is 15.3. The summed E-state index contributed by atoms with van der Waals surface area (Å²) in [4.78, 5) is 10.3. The Morgan fingerprint density at radius 3 is 2.35 bits per heavy atom. The number of anilines is 1. The molecule has 0 heterocycles. The number of hydrogen-bond donors (Lipinski definition) is 1. The van der Waals surface area contributed by atoms with Gasteiger partial charge in [-0.2, -0.15) is 15.8 Å². The third-order valence-corrected chi connectivity index (χ3v) is 2.73. The van der Waals surface area contributed by atoms with Crippen molar-refractivity contribution in [2.24, 2.45) is 0 Å². The zero-order valence-electron chi connectivity index (χ0n) is 10.1. The number of hydrogen-bond acceptors (Lipinski definition) is 6. The molecule has 20 heavy (non-hydrogen) atoms. The van der Waals surface area contributed by atoms with Crippen LogP contribution in [0.4, 0.5) is 11.4 Å². The molecule has 0 aliphatic heterocycles. The van der Waals surface area contributed by atoms with Gasteiger partial charge in [0.1, 0.15) is 29.6 Å². The normalized spacial score (nSPS) is 8.75. The lowest BCUT2D eigenvalue weighted by molar-refractivity contribution is -0.384. The number of halogens is 1. The highest BCUT2D eigenvalue weighted by molar-refractivity contribution is 6.31. The molecule has 0 radical (unpaired) electrons. The predicted octanol–water partition coefficient (Wildman–Crippen LogP) is 2.79. The molecule has 0 atom stereocenters. The molecule has 0 aliphatic rings. The summed E-state index contributed by atoms with van der Waals surface area (Å²) in [6, 6.07) is 7.16. The molecular weight excluding hydrogens is 282 g/mol. The molecule has 0 amide bonds. The van der Waals surface area contributed by atoms with E-state index in [1.807, 2.05) is 0 Å². The van der Waals surface area contributed by atoms with Gasteiger partial charge in [0.25, 0.3) is 5.69 Å². The van der Waals surface area contributed by atoms with Crippen LogP contribution in [-0.2, 0) is 0 Å². The minimum Gasteiger partial charge on any atom is -0.339 e. The van der Waals surface area contributed by atoms with E-state index < -0.39 is 10.5 Å². The number of nitro groups is 1. The molecule has 98 valence electrons. The summed E-state index contributed by atoms with van der Waals surface area (Å²) in [6.07, 6.45) is 0. The van der Waals surface area contributed by atoms with Crippen LogP contribution in [0.1, 0.15) is 5.56 Å². The molecule has 0 spiro atoms. The van der Waals surface area contributed by atoms with Crippen LogP contribution in [0.25, 0.3) is 0 Å². The van der Waals surface area contributed by atoms with Crippen molar-refractivity contribution < 1.29 is 4.92 Å². The largest absolute Gasteiger partial charge is 0.339 e. The number of nitro benzene ring substituents is 1. The second-order valence-corrected chi connectivity index (χ2v) is 3.99. The molecule has 1 rings (SSSR count). The minimum absolute atomic E-state index is 0.0647. The van der Waals surface area contributed by atoms with Crippen LogP contribution in [0.3, 0.4) is 0 Å². The van der Waals surface area contributed by atoms with E-state index in [9.17, 15) is 10.1 Å². The first kappa shape index (κ1) is 15.0. The average Bonchev–Trinajstić information content (AvgIpc) is 2.42. The fourth-order valence-corrected chi connectivity index (χ4v) is 1.50. The summed E-state index contributed by atoms with van der Waals surface area (Å²) >= 11 is 5.87. The standard InChI is InChI=1S/C12H6ClN5O2/c1-7-2-12(18(19)20)10(3-9(7)13)17-11(6-16)8(4-14)5-15/h2-3,17H,1H3. The molecule has 0 unspecified atom stereocenters. The molecule has 1 aromatic rings. The van der Waals surface area contributed by atoms with Crippen molar-refractivity contribution in [3.05, 3.63) is 44.1 Å². The molecule has 1 aromatic carbocycles. The first-order chi connectivity index (χ1) is 9.44. The van der Waals surface area contributed by atoms with Gasteiger partial charge in [-0.1, -0.05) is 11.6 Å². The highest BCUT2D eigenvalue weighted by atomic mass is 35.5. The highest BCUT2D eigenvalue weighted by Gasteiger charge is 2.18. The van der Waals surface area contributed by atoms with Crippen LogP contribution in [-0.4, -0.2) is 4.92 Å². The lowest BCUT2D eigenvalue weighted by atomic mass is 10.1. The number of aryl methyl sites for hydroxylation is 1. The summed E-state index contributed by atoms with van der Waals surface area (Å²) in [5, 5.41) is 39.9. The molecule has 0 saturated carbocycles. The Balaban J connectivity index is 3.43. The van der Waals surface area contributed by atoms with Crippen LogP contribution in [0.15, 0.2) is 23.4 Å². The fourth-order valence-electron chi connectivity index (χ4n) is 1.34. The van der Waals surface area contributed by atoms with E-state index in [0.29, 0.717) is 5.56 Å². The van der Waals surface area contributed by atoms with Gasteiger partial charge in [-0.05, 0) is 18.6 Å². The second-order valence-electron chi connectivity index (χ2n) is 3.59. The Kier molecular flexibility index (Phi) is 4.64. The molecule has 0 saturated heterocycles. The predicted molar refractivity (Wildman–Crippen MR) is 70.3 cm³/mol. The van der Waals surface area contributed by atoms with Gasteiger partial charge < -0.3 is 5.32 Å². The first-order valence-corrected chi connectivity index (χ1v) is 5.48. The van der Waals surface area contributed by atoms with Gasteiger partial charge in [0.2, 0.25) is 0 Å². The Labute approximate surface area is 119 Å². The van der Waals surface area contributed by atoms with Crippen molar-refractivity contribution in [2.75, 3.05) is 5.32 Å². The molecule has 0 aliphatic carbocycles. The Morgan fingerprint density at radius 1 is 1.30 bits per heavy atom. The van der Waals surface area contributed by atoms with Crippen LogP contribution < -0.4 is 5.32 Å². The maximum Gasteiger partial charge on any atom is 0.293 e. The van der Waals surface area contributed by atoms with Gasteiger partial charge in [-0.25, -0.2) is 0 Å². The van der Waals surface area contributed by atoms with Gasteiger partial charge in [0.15, 0.2) is 5.57 Å². The number of allylic oxidation sites excluding steroid dienone is 2. The van der Waals surface area contributed by atoms with Crippen LogP contribution in [0.2, 0.25) is 5.02 Å². The third kappa shape index (κ3) is 3.02. The highest BCUT2D eigenvalue weighted by Crippen LogP contribution is 2.31. The van der Waals surface area contributed by atoms with Crippen molar-refractivity contribution in [3.8, 4) is 18.2 Å². The van der Waals surface area contributed by atoms with Gasteiger partial charge in [-0.15, -0.1) is 0 Å². The van der Waals surface area contributed by atoms with Crippen molar-refractivity contribution >= 4 is 23.0 Å². The Morgan fingerprint density at radius 2 is 1.90 bits per heavy atom. The maximum atomic E-state index is 11.0. The van der Waals surface area contributed by atoms with E-state index in [4.69, 9.17) is 27.4 Å². The van der Waals surface area contributed by atoms with Crippen LogP contribution in [0.5, 0.6) is 0 Å². The van der Waals surface area contributed by atoms with E-state index in [2.05, 4.69) is 5.32 Å². The number of nitriles is 3. The molecule has 1 N–H and O–H groups in total. The number of nitrogens with zero attached hydrogens (tertiary/aromatic N) is 4. The summed E-state index contributed by atoms with van der Waals surface area (Å²) in [6.45, 7) is 1.59. The molecule has 7 nitrogen and oxygen atoms in total. The summed E-state index contributed by atoms with van der Waals surface area (Å²) in [7, 11) is 0. The number of nitrogens with one attached hydrogen (secondary N) is 1. The smallest absolute Gasteiger partial charge is 0.293 e. The zero-order valence-corrected chi connectivity index (χ0v) is 10.9. The van der Waals surface area contributed by atoms with E-state index in [-0.39, 0.29) is 22.1 Å². The monoisotopic (exact) mass is 287 g/mol. The van der Waals surface area contributed by atoms with Crippen LogP contribution in [0, 0.1) is 51.0 Å². The summed E-state index contributed by atoms with van der Waals surface area (Å²) in [5.41, 5.74) is -0.733. The van der Waals surface area contributed by atoms with E-state index in [0.717, 1.165) is 0 Å². The topological polar surface area (TPSA) is 127 Å². The van der Waals surface area contributed by atoms with Crippen molar-refractivity contribution in [1.82, 2.24) is 0 Å². The van der Waals surface area contributed by atoms with Crippen molar-refractivity contribution in [2.45, 2.75) is 6.92 Å².